The van der Waals surface area contributed by atoms with E-state index in [0.717, 1.165) is 0 Å². The fourth-order valence-corrected chi connectivity index (χ4v) is 1.01. The molecule has 0 amide bonds. The van der Waals surface area contributed by atoms with E-state index in [1.165, 1.54) is 24.3 Å². The van der Waals surface area contributed by atoms with Gasteiger partial charge in [0.25, 0.3) is 5.78 Å². The number of hydrogen-bond acceptors (Lipinski definition) is 3. The molecule has 0 aliphatic carbocycles. The zero-order valence-electron chi connectivity index (χ0n) is 7.45. The molecule has 1 aromatic rings. The van der Waals surface area contributed by atoms with E-state index in [2.05, 4.69) is 0 Å². The van der Waals surface area contributed by atoms with Gasteiger partial charge in [0.05, 0.1) is 6.04 Å². The second-order valence-electron chi connectivity index (χ2n) is 2.93. The van der Waals surface area contributed by atoms with Gasteiger partial charge in [0.2, 0.25) is 0 Å². The van der Waals surface area contributed by atoms with E-state index < -0.39 is 18.0 Å². The van der Waals surface area contributed by atoms with E-state index in [1.807, 2.05) is 0 Å². The largest absolute Gasteiger partial charge is 0.508 e. The summed E-state index contributed by atoms with van der Waals surface area (Å²) in [6.07, 6.45) is -4.95. The molecule has 0 aliphatic heterocycles. The maximum absolute atomic E-state index is 12.0. The number of phenols is 1. The summed E-state index contributed by atoms with van der Waals surface area (Å²) in [4.78, 5) is 10.7. The van der Waals surface area contributed by atoms with Crippen LogP contribution in [-0.4, -0.2) is 17.1 Å². The molecule has 1 atom stereocenters. The summed E-state index contributed by atoms with van der Waals surface area (Å²) in [6, 6.07) is 2.93. The van der Waals surface area contributed by atoms with E-state index in [9.17, 15) is 18.0 Å². The highest BCUT2D eigenvalue weighted by atomic mass is 19.4. The molecule has 0 aliphatic rings. The molecule has 1 aromatic carbocycles. The molecular weight excluding hydrogens is 211 g/mol. The van der Waals surface area contributed by atoms with Gasteiger partial charge in [-0.1, -0.05) is 12.1 Å². The van der Waals surface area contributed by atoms with Crippen LogP contribution < -0.4 is 5.73 Å². The van der Waals surface area contributed by atoms with Crippen LogP contribution in [0.25, 0.3) is 0 Å². The highest BCUT2D eigenvalue weighted by Crippen LogP contribution is 2.25. The molecule has 1 unspecified atom stereocenters. The van der Waals surface area contributed by atoms with Crippen LogP contribution in [0.15, 0.2) is 24.3 Å². The van der Waals surface area contributed by atoms with Crippen molar-refractivity contribution >= 4 is 5.78 Å². The fraction of sp³-hybridized carbons (Fsp3) is 0.222. The van der Waals surface area contributed by atoms with Crippen molar-refractivity contribution in [1.29, 1.82) is 0 Å². The molecule has 0 bridgehead atoms. The lowest BCUT2D eigenvalue weighted by molar-refractivity contribution is -0.172. The smallest absolute Gasteiger partial charge is 0.452 e. The first-order valence-corrected chi connectivity index (χ1v) is 3.98. The quantitative estimate of drug-likeness (QED) is 0.792. The molecule has 0 spiro atoms. The van der Waals surface area contributed by atoms with Gasteiger partial charge in [-0.25, -0.2) is 0 Å². The van der Waals surface area contributed by atoms with Crippen molar-refractivity contribution in [2.24, 2.45) is 5.73 Å². The SMILES string of the molecule is NC(C(=O)C(F)(F)F)c1ccc(O)cc1. The minimum Gasteiger partial charge on any atom is -0.508 e. The van der Waals surface area contributed by atoms with Gasteiger partial charge >= 0.3 is 6.18 Å². The minimum absolute atomic E-state index is 0.00938. The molecule has 0 radical (unpaired) electrons. The highest BCUT2D eigenvalue weighted by Gasteiger charge is 2.42. The monoisotopic (exact) mass is 219 g/mol. The lowest BCUT2D eigenvalue weighted by atomic mass is 10.0. The van der Waals surface area contributed by atoms with Crippen molar-refractivity contribution in [3.8, 4) is 5.75 Å². The maximum atomic E-state index is 12.0. The van der Waals surface area contributed by atoms with Crippen molar-refractivity contribution < 1.29 is 23.1 Å². The van der Waals surface area contributed by atoms with Crippen LogP contribution in [0.4, 0.5) is 13.2 Å². The summed E-state index contributed by atoms with van der Waals surface area (Å²) in [5.74, 6) is -2.11. The van der Waals surface area contributed by atoms with Crippen molar-refractivity contribution in [2.45, 2.75) is 12.2 Å². The number of carbonyl (C=O) groups is 1. The van der Waals surface area contributed by atoms with E-state index in [1.54, 1.807) is 0 Å². The Morgan fingerprint density at radius 2 is 1.73 bits per heavy atom. The summed E-state index contributed by atoms with van der Waals surface area (Å²) in [6.45, 7) is 0. The minimum atomic E-state index is -4.95. The summed E-state index contributed by atoms with van der Waals surface area (Å²) < 4.78 is 36.0. The first-order valence-electron chi connectivity index (χ1n) is 3.98. The van der Waals surface area contributed by atoms with Gasteiger partial charge in [-0.05, 0) is 17.7 Å². The first-order chi connectivity index (χ1) is 6.82. The number of hydrogen-bond donors (Lipinski definition) is 2. The molecule has 0 aromatic heterocycles. The predicted molar refractivity (Wildman–Crippen MR) is 46.1 cm³/mol. The standard InChI is InChI=1S/C9H8F3NO2/c10-9(11,12)8(15)7(13)5-1-3-6(14)4-2-5/h1-4,7,14H,13H2. The lowest BCUT2D eigenvalue weighted by Gasteiger charge is -2.12. The number of carbonyl (C=O) groups excluding carboxylic acids is 1. The van der Waals surface area contributed by atoms with Gasteiger partial charge in [-0.15, -0.1) is 0 Å². The zero-order chi connectivity index (χ0) is 11.6. The number of phenolic OH excluding ortho intramolecular Hbond substituents is 1. The van der Waals surface area contributed by atoms with E-state index in [0.29, 0.717) is 0 Å². The zero-order valence-corrected chi connectivity index (χ0v) is 7.45. The van der Waals surface area contributed by atoms with Gasteiger partial charge in [0.15, 0.2) is 0 Å². The Labute approximate surface area is 83.3 Å². The molecule has 0 fully saturated rings. The van der Waals surface area contributed by atoms with Gasteiger partial charge in [0.1, 0.15) is 5.75 Å². The third kappa shape index (κ3) is 2.69. The number of ketones is 1. The van der Waals surface area contributed by atoms with Gasteiger partial charge in [-0.3, -0.25) is 4.79 Å². The summed E-state index contributed by atoms with van der Waals surface area (Å²) >= 11 is 0. The number of halogens is 3. The molecule has 3 N–H and O–H groups in total. The Morgan fingerprint density at radius 1 is 1.27 bits per heavy atom. The van der Waals surface area contributed by atoms with Crippen molar-refractivity contribution in [3.63, 3.8) is 0 Å². The van der Waals surface area contributed by atoms with Gasteiger partial charge in [-0.2, -0.15) is 13.2 Å². The normalized spacial score (nSPS) is 13.6. The molecule has 3 nitrogen and oxygen atoms in total. The molecule has 82 valence electrons. The van der Waals surface area contributed by atoms with E-state index in [-0.39, 0.29) is 11.3 Å². The second-order valence-corrected chi connectivity index (χ2v) is 2.93. The fourth-order valence-electron chi connectivity index (χ4n) is 1.01. The van der Waals surface area contributed by atoms with Crippen LogP contribution in [0.2, 0.25) is 0 Å². The van der Waals surface area contributed by atoms with Crippen LogP contribution in [0.1, 0.15) is 11.6 Å². The molecule has 6 heteroatoms. The molecule has 0 saturated carbocycles. The number of rotatable bonds is 2. The summed E-state index contributed by atoms with van der Waals surface area (Å²) in [7, 11) is 0. The van der Waals surface area contributed by atoms with Crippen molar-refractivity contribution in [1.82, 2.24) is 0 Å². The third-order valence-electron chi connectivity index (χ3n) is 1.81. The molecule has 15 heavy (non-hydrogen) atoms. The van der Waals surface area contributed by atoms with Crippen molar-refractivity contribution in [3.05, 3.63) is 29.8 Å². The predicted octanol–water partition coefficient (Wildman–Crippen LogP) is 1.52. The number of alkyl halides is 3. The van der Waals surface area contributed by atoms with Gasteiger partial charge in [0, 0.05) is 0 Å². The Bertz CT molecular complexity index is 359. The Kier molecular flexibility index (Phi) is 2.99. The molecule has 0 heterocycles. The number of aromatic hydroxyl groups is 1. The Balaban J connectivity index is 2.90. The second kappa shape index (κ2) is 3.90. The van der Waals surface area contributed by atoms with Crippen molar-refractivity contribution in [2.75, 3.05) is 0 Å². The number of Topliss-reactive ketones (excluding diaryl/α,β-unsaturated/α-hetero) is 1. The topological polar surface area (TPSA) is 63.3 Å². The third-order valence-corrected chi connectivity index (χ3v) is 1.81. The van der Waals surface area contributed by atoms with Gasteiger partial charge < -0.3 is 10.8 Å². The van der Waals surface area contributed by atoms with Crippen LogP contribution in [-0.2, 0) is 4.79 Å². The molecule has 0 saturated heterocycles. The van der Waals surface area contributed by atoms with Crippen LogP contribution in [0, 0.1) is 0 Å². The Hall–Kier alpha value is -1.56. The van der Waals surface area contributed by atoms with E-state index >= 15 is 0 Å². The Morgan fingerprint density at radius 3 is 2.13 bits per heavy atom. The van der Waals surface area contributed by atoms with Crippen LogP contribution in [0.5, 0.6) is 5.75 Å². The first kappa shape index (κ1) is 11.5. The number of nitrogens with two attached hydrogens (primary N) is 1. The summed E-state index contributed by atoms with van der Waals surface area (Å²) in [5.41, 5.74) is 5.13. The average molecular weight is 219 g/mol. The molecular formula is C9H8F3NO2. The highest BCUT2D eigenvalue weighted by molar-refractivity contribution is 5.89. The average Bonchev–Trinajstić information content (AvgIpc) is 2.15. The van der Waals surface area contributed by atoms with Crippen LogP contribution >= 0.6 is 0 Å². The summed E-state index contributed by atoms with van der Waals surface area (Å²) in [5, 5.41) is 8.89. The maximum Gasteiger partial charge on any atom is 0.452 e. The number of benzene rings is 1. The van der Waals surface area contributed by atoms with E-state index in [4.69, 9.17) is 10.8 Å². The lowest BCUT2D eigenvalue weighted by Crippen LogP contribution is -2.33. The molecule has 1 rings (SSSR count). The van der Waals surface area contributed by atoms with Crippen LogP contribution in [0.3, 0.4) is 0 Å².